The van der Waals surface area contributed by atoms with Crippen LogP contribution in [0, 0.1) is 0 Å². The minimum absolute atomic E-state index is 0.0400. The zero-order chi connectivity index (χ0) is 13.0. The largest absolute Gasteiger partial charge is 0.366 e. The van der Waals surface area contributed by atoms with E-state index in [1.165, 1.54) is 0 Å². The van der Waals surface area contributed by atoms with Crippen molar-refractivity contribution in [2.24, 2.45) is 5.73 Å². The van der Waals surface area contributed by atoms with Gasteiger partial charge in [0.15, 0.2) is 0 Å². The predicted molar refractivity (Wildman–Crippen MR) is 68.4 cm³/mol. The zero-order valence-electron chi connectivity index (χ0n) is 10.2. The van der Waals surface area contributed by atoms with Crippen molar-refractivity contribution < 1.29 is 9.59 Å². The summed E-state index contributed by atoms with van der Waals surface area (Å²) in [4.78, 5) is 25.2. The number of nitrogens with one attached hydrogen (secondary N) is 1. The van der Waals surface area contributed by atoms with Gasteiger partial charge in [0.2, 0.25) is 5.91 Å². The molecule has 1 aliphatic rings. The van der Waals surface area contributed by atoms with Crippen LogP contribution in [-0.4, -0.2) is 42.9 Å². The zero-order valence-corrected chi connectivity index (χ0v) is 10.2. The molecule has 1 aromatic rings. The SMILES string of the molecule is NC(=O)c1cccc(C(=O)N2CCCNCC2)c1. The van der Waals surface area contributed by atoms with E-state index in [1.807, 2.05) is 0 Å². The van der Waals surface area contributed by atoms with Crippen molar-refractivity contribution in [1.82, 2.24) is 10.2 Å². The molecule has 18 heavy (non-hydrogen) atoms. The van der Waals surface area contributed by atoms with Gasteiger partial charge in [0.1, 0.15) is 0 Å². The fourth-order valence-corrected chi connectivity index (χ4v) is 2.04. The number of hydrogen-bond acceptors (Lipinski definition) is 3. The first-order valence-electron chi connectivity index (χ1n) is 6.08. The summed E-state index contributed by atoms with van der Waals surface area (Å²) in [6.07, 6.45) is 0.946. The second kappa shape index (κ2) is 5.64. The number of rotatable bonds is 2. The van der Waals surface area contributed by atoms with Crippen LogP contribution in [0.5, 0.6) is 0 Å². The summed E-state index contributed by atoms with van der Waals surface area (Å²) < 4.78 is 0. The Labute approximate surface area is 106 Å². The van der Waals surface area contributed by atoms with E-state index in [9.17, 15) is 9.59 Å². The van der Waals surface area contributed by atoms with Gasteiger partial charge >= 0.3 is 0 Å². The lowest BCUT2D eigenvalue weighted by Gasteiger charge is -2.20. The maximum Gasteiger partial charge on any atom is 0.253 e. The molecule has 1 heterocycles. The quantitative estimate of drug-likeness (QED) is 0.785. The van der Waals surface area contributed by atoms with Crippen LogP contribution in [0.2, 0.25) is 0 Å². The molecule has 0 saturated carbocycles. The molecular formula is C13H17N3O2. The van der Waals surface area contributed by atoms with Crippen LogP contribution >= 0.6 is 0 Å². The summed E-state index contributed by atoms with van der Waals surface area (Å²) in [6, 6.07) is 6.57. The van der Waals surface area contributed by atoms with Crippen LogP contribution in [0.3, 0.4) is 0 Å². The smallest absolute Gasteiger partial charge is 0.253 e. The van der Waals surface area contributed by atoms with Crippen LogP contribution in [0.1, 0.15) is 27.1 Å². The second-order valence-electron chi connectivity index (χ2n) is 4.34. The third kappa shape index (κ3) is 2.87. The van der Waals surface area contributed by atoms with Gasteiger partial charge in [-0.3, -0.25) is 9.59 Å². The van der Waals surface area contributed by atoms with Crippen molar-refractivity contribution in [2.45, 2.75) is 6.42 Å². The molecule has 0 spiro atoms. The van der Waals surface area contributed by atoms with Gasteiger partial charge in [-0.2, -0.15) is 0 Å². The van der Waals surface area contributed by atoms with Crippen LogP contribution in [0.4, 0.5) is 0 Å². The lowest BCUT2D eigenvalue weighted by molar-refractivity contribution is 0.0766. The summed E-state index contributed by atoms with van der Waals surface area (Å²) >= 11 is 0. The highest BCUT2D eigenvalue weighted by atomic mass is 16.2. The maximum atomic E-state index is 12.3. The van der Waals surface area contributed by atoms with E-state index >= 15 is 0 Å². The second-order valence-corrected chi connectivity index (χ2v) is 4.34. The normalized spacial score (nSPS) is 16.1. The third-order valence-electron chi connectivity index (χ3n) is 3.02. The van der Waals surface area contributed by atoms with Gasteiger partial charge in [-0.25, -0.2) is 0 Å². The Bertz CT molecular complexity index is 451. The molecule has 96 valence electrons. The first kappa shape index (κ1) is 12.6. The van der Waals surface area contributed by atoms with E-state index in [0.717, 1.165) is 26.1 Å². The van der Waals surface area contributed by atoms with Gasteiger partial charge < -0.3 is 16.0 Å². The topological polar surface area (TPSA) is 75.4 Å². The average Bonchev–Trinajstić information content (AvgIpc) is 2.67. The Hall–Kier alpha value is -1.88. The van der Waals surface area contributed by atoms with Crippen molar-refractivity contribution in [3.63, 3.8) is 0 Å². The maximum absolute atomic E-state index is 12.3. The molecule has 2 rings (SSSR count). The number of nitrogens with two attached hydrogens (primary N) is 1. The molecule has 1 saturated heterocycles. The molecular weight excluding hydrogens is 230 g/mol. The molecule has 1 fully saturated rings. The van der Waals surface area contributed by atoms with Gasteiger partial charge in [-0.05, 0) is 31.2 Å². The minimum Gasteiger partial charge on any atom is -0.366 e. The lowest BCUT2D eigenvalue weighted by atomic mass is 10.1. The number of carbonyl (C=O) groups is 2. The van der Waals surface area contributed by atoms with Crippen molar-refractivity contribution >= 4 is 11.8 Å². The van der Waals surface area contributed by atoms with E-state index in [0.29, 0.717) is 17.7 Å². The standard InChI is InChI=1S/C13H17N3O2/c14-12(17)10-3-1-4-11(9-10)13(18)16-7-2-5-15-6-8-16/h1,3-4,9,15H,2,5-8H2,(H2,14,17). The van der Waals surface area contributed by atoms with Crippen LogP contribution in [-0.2, 0) is 0 Å². The van der Waals surface area contributed by atoms with E-state index in [1.54, 1.807) is 29.2 Å². The van der Waals surface area contributed by atoms with E-state index < -0.39 is 5.91 Å². The number of primary amides is 1. The summed E-state index contributed by atoms with van der Waals surface area (Å²) in [5, 5.41) is 3.25. The molecule has 0 atom stereocenters. The molecule has 0 aromatic heterocycles. The van der Waals surface area contributed by atoms with Gasteiger partial charge in [0.05, 0.1) is 0 Å². The van der Waals surface area contributed by atoms with Crippen molar-refractivity contribution in [1.29, 1.82) is 0 Å². The molecule has 0 bridgehead atoms. The Morgan fingerprint density at radius 3 is 2.72 bits per heavy atom. The predicted octanol–water partition coefficient (Wildman–Crippen LogP) is 0.221. The third-order valence-corrected chi connectivity index (χ3v) is 3.02. The molecule has 1 aliphatic heterocycles. The van der Waals surface area contributed by atoms with Crippen molar-refractivity contribution in [2.75, 3.05) is 26.2 Å². The monoisotopic (exact) mass is 247 g/mol. The molecule has 5 nitrogen and oxygen atoms in total. The van der Waals surface area contributed by atoms with Gasteiger partial charge in [0.25, 0.3) is 5.91 Å². The number of nitrogens with zero attached hydrogens (tertiary/aromatic N) is 1. The van der Waals surface area contributed by atoms with Gasteiger partial charge in [0, 0.05) is 30.8 Å². The lowest BCUT2D eigenvalue weighted by Crippen LogP contribution is -2.34. The fourth-order valence-electron chi connectivity index (χ4n) is 2.04. The van der Waals surface area contributed by atoms with Crippen molar-refractivity contribution in [3.8, 4) is 0 Å². The first-order valence-corrected chi connectivity index (χ1v) is 6.08. The summed E-state index contributed by atoms with van der Waals surface area (Å²) in [5.41, 5.74) is 6.10. The highest BCUT2D eigenvalue weighted by Crippen LogP contribution is 2.09. The number of hydrogen-bond donors (Lipinski definition) is 2. The average molecular weight is 247 g/mol. The molecule has 1 aromatic carbocycles. The molecule has 0 radical (unpaired) electrons. The fraction of sp³-hybridized carbons (Fsp3) is 0.385. The minimum atomic E-state index is -0.512. The first-order chi connectivity index (χ1) is 8.68. The van der Waals surface area contributed by atoms with Crippen molar-refractivity contribution in [3.05, 3.63) is 35.4 Å². The van der Waals surface area contributed by atoms with Gasteiger partial charge in [-0.1, -0.05) is 6.07 Å². The van der Waals surface area contributed by atoms with E-state index in [4.69, 9.17) is 5.73 Å². The molecule has 2 amide bonds. The molecule has 3 N–H and O–H groups in total. The Balaban J connectivity index is 2.16. The highest BCUT2D eigenvalue weighted by molar-refractivity contribution is 5.99. The van der Waals surface area contributed by atoms with Crippen LogP contribution in [0.15, 0.2) is 24.3 Å². The van der Waals surface area contributed by atoms with Crippen LogP contribution < -0.4 is 11.1 Å². The number of benzene rings is 1. The highest BCUT2D eigenvalue weighted by Gasteiger charge is 2.17. The molecule has 0 aliphatic carbocycles. The van der Waals surface area contributed by atoms with E-state index in [2.05, 4.69) is 5.32 Å². The molecule has 5 heteroatoms. The number of carbonyl (C=O) groups excluding carboxylic acids is 2. The van der Waals surface area contributed by atoms with Crippen LogP contribution in [0.25, 0.3) is 0 Å². The number of amides is 2. The summed E-state index contributed by atoms with van der Waals surface area (Å²) in [7, 11) is 0. The molecule has 0 unspecified atom stereocenters. The van der Waals surface area contributed by atoms with Gasteiger partial charge in [-0.15, -0.1) is 0 Å². The Morgan fingerprint density at radius 1 is 1.17 bits per heavy atom. The Kier molecular flexibility index (Phi) is 3.94. The summed E-state index contributed by atoms with van der Waals surface area (Å²) in [6.45, 7) is 3.18. The van der Waals surface area contributed by atoms with E-state index in [-0.39, 0.29) is 5.91 Å². The summed E-state index contributed by atoms with van der Waals surface area (Å²) in [5.74, 6) is -0.552. The Morgan fingerprint density at radius 2 is 1.94 bits per heavy atom.